The Morgan fingerprint density at radius 2 is 1.48 bits per heavy atom. The lowest BCUT2D eigenvalue weighted by molar-refractivity contribution is 0.671. The molecule has 2 rings (SSSR count). The molecule has 1 aromatic rings. The molecule has 0 radical (unpaired) electrons. The smallest absolute Gasteiger partial charge is 0.0654 e. The van der Waals surface area contributed by atoms with E-state index in [2.05, 4.69) is 66.7 Å². The molecule has 1 aromatic carbocycles. The van der Waals surface area contributed by atoms with Gasteiger partial charge in [0.2, 0.25) is 0 Å². The standard InChI is InChI=1S/C22H34Si/c1-8-9-10-11-21-18(5)17(4)19(6)22(21,7)23-20-13-15(2)12-16(3)14-20/h12-14H,8-11,23H2,1-7H3. The van der Waals surface area contributed by atoms with Crippen molar-refractivity contribution in [2.24, 2.45) is 0 Å². The molecule has 1 heteroatoms. The van der Waals surface area contributed by atoms with E-state index in [1.165, 1.54) is 36.8 Å². The minimum Gasteiger partial charge on any atom is -0.0654 e. The van der Waals surface area contributed by atoms with Crippen molar-refractivity contribution in [3.63, 3.8) is 0 Å². The van der Waals surface area contributed by atoms with Crippen molar-refractivity contribution in [3.8, 4) is 0 Å². The summed E-state index contributed by atoms with van der Waals surface area (Å²) in [5, 5.41) is 1.97. The Hall–Kier alpha value is -1.08. The Balaban J connectivity index is 2.35. The molecule has 1 atom stereocenters. The molecule has 0 fully saturated rings. The summed E-state index contributed by atoms with van der Waals surface area (Å²) >= 11 is 0. The molecule has 1 aliphatic rings. The lowest BCUT2D eigenvalue weighted by Crippen LogP contribution is -2.30. The zero-order valence-corrected chi connectivity index (χ0v) is 17.7. The van der Waals surface area contributed by atoms with Gasteiger partial charge in [-0.3, -0.25) is 0 Å². The van der Waals surface area contributed by atoms with Crippen LogP contribution in [0, 0.1) is 13.8 Å². The number of allylic oxidation sites excluding steroid dienone is 4. The average molecular weight is 327 g/mol. The molecule has 0 spiro atoms. The van der Waals surface area contributed by atoms with Crippen molar-refractivity contribution in [1.82, 2.24) is 0 Å². The second-order valence-electron chi connectivity index (χ2n) is 7.82. The molecule has 0 bridgehead atoms. The van der Waals surface area contributed by atoms with E-state index in [-0.39, 0.29) is 9.52 Å². The Morgan fingerprint density at radius 3 is 2.04 bits per heavy atom. The summed E-state index contributed by atoms with van der Waals surface area (Å²) in [6.45, 7) is 16.4. The van der Waals surface area contributed by atoms with Gasteiger partial charge in [0, 0.05) is 5.04 Å². The summed E-state index contributed by atoms with van der Waals surface area (Å²) < 4.78 is 0. The topological polar surface area (TPSA) is 0 Å². The van der Waals surface area contributed by atoms with Crippen molar-refractivity contribution in [2.75, 3.05) is 0 Å². The summed E-state index contributed by atoms with van der Waals surface area (Å²) in [6.07, 6.45) is 5.31. The van der Waals surface area contributed by atoms with Crippen molar-refractivity contribution in [3.05, 3.63) is 51.6 Å². The summed E-state index contributed by atoms with van der Waals surface area (Å²) in [7, 11) is -0.383. The molecule has 0 aliphatic heterocycles. The minimum atomic E-state index is -0.383. The normalized spacial score (nSPS) is 22.0. The van der Waals surface area contributed by atoms with Gasteiger partial charge in [0.1, 0.15) is 0 Å². The van der Waals surface area contributed by atoms with Crippen LogP contribution >= 0.6 is 0 Å². The summed E-state index contributed by atoms with van der Waals surface area (Å²) in [5.41, 5.74) is 9.40. The van der Waals surface area contributed by atoms with Gasteiger partial charge in [-0.15, -0.1) is 0 Å². The van der Waals surface area contributed by atoms with Gasteiger partial charge >= 0.3 is 0 Å². The van der Waals surface area contributed by atoms with Crippen LogP contribution < -0.4 is 5.19 Å². The SMILES string of the molecule is CCCCCC1=C(C)C(C)=C(C)C1(C)[SiH2]c1cc(C)cc(C)c1. The predicted octanol–water partition coefficient (Wildman–Crippen LogP) is 5.52. The second kappa shape index (κ2) is 7.21. The molecule has 0 aromatic heterocycles. The van der Waals surface area contributed by atoms with Crippen LogP contribution in [0.15, 0.2) is 40.5 Å². The lowest BCUT2D eigenvalue weighted by Gasteiger charge is -2.31. The average Bonchev–Trinajstić information content (AvgIpc) is 2.61. The fourth-order valence-corrected chi connectivity index (χ4v) is 7.25. The van der Waals surface area contributed by atoms with Crippen LogP contribution in [0.5, 0.6) is 0 Å². The molecule has 1 unspecified atom stereocenters. The summed E-state index contributed by atoms with van der Waals surface area (Å²) in [6, 6.07) is 7.17. The van der Waals surface area contributed by atoms with E-state index >= 15 is 0 Å². The van der Waals surface area contributed by atoms with Gasteiger partial charge in [0.15, 0.2) is 0 Å². The molecule has 0 nitrogen and oxygen atoms in total. The first-order chi connectivity index (χ1) is 10.8. The van der Waals surface area contributed by atoms with E-state index in [1.54, 1.807) is 27.5 Å². The molecule has 0 heterocycles. The van der Waals surface area contributed by atoms with Crippen molar-refractivity contribution >= 4 is 14.7 Å². The third-order valence-corrected chi connectivity index (χ3v) is 8.42. The van der Waals surface area contributed by atoms with E-state index in [0.717, 1.165) is 0 Å². The molecule has 1 aliphatic carbocycles. The third-order valence-electron chi connectivity index (χ3n) is 5.94. The number of hydrogen-bond donors (Lipinski definition) is 0. The first-order valence-electron chi connectivity index (χ1n) is 9.25. The van der Waals surface area contributed by atoms with Gasteiger partial charge in [0.25, 0.3) is 0 Å². The Labute approximate surface area is 145 Å². The quantitative estimate of drug-likeness (QED) is 0.477. The molecular formula is C22H34Si. The largest absolute Gasteiger partial charge is 0.0706 e. The highest BCUT2D eigenvalue weighted by molar-refractivity contribution is 6.59. The van der Waals surface area contributed by atoms with E-state index in [4.69, 9.17) is 0 Å². The van der Waals surface area contributed by atoms with Crippen molar-refractivity contribution < 1.29 is 0 Å². The molecular weight excluding hydrogens is 292 g/mol. The van der Waals surface area contributed by atoms with Gasteiger partial charge < -0.3 is 0 Å². The van der Waals surface area contributed by atoms with Crippen LogP contribution in [-0.4, -0.2) is 9.52 Å². The molecule has 0 N–H and O–H groups in total. The van der Waals surface area contributed by atoms with E-state index in [1.807, 2.05) is 0 Å². The Bertz CT molecular complexity index is 628. The second-order valence-corrected chi connectivity index (χ2v) is 10.4. The number of hydrogen-bond acceptors (Lipinski definition) is 0. The highest BCUT2D eigenvalue weighted by atomic mass is 28.2. The fourth-order valence-electron chi connectivity index (χ4n) is 4.40. The van der Waals surface area contributed by atoms with Gasteiger partial charge in [0.05, 0.1) is 9.52 Å². The summed E-state index contributed by atoms with van der Waals surface area (Å²) in [4.78, 5) is 0. The fraction of sp³-hybridized carbons (Fsp3) is 0.545. The molecule has 0 saturated carbocycles. The van der Waals surface area contributed by atoms with Crippen LogP contribution in [0.3, 0.4) is 0 Å². The van der Waals surface area contributed by atoms with Gasteiger partial charge in [-0.05, 0) is 58.6 Å². The molecule has 0 saturated heterocycles. The first kappa shape index (κ1) is 18.3. The molecule has 23 heavy (non-hydrogen) atoms. The zero-order valence-electron chi connectivity index (χ0n) is 16.3. The highest BCUT2D eigenvalue weighted by Crippen LogP contribution is 2.53. The monoisotopic (exact) mass is 326 g/mol. The van der Waals surface area contributed by atoms with E-state index < -0.39 is 0 Å². The van der Waals surface area contributed by atoms with Crippen LogP contribution in [-0.2, 0) is 0 Å². The van der Waals surface area contributed by atoms with Gasteiger partial charge in [-0.2, -0.15) is 0 Å². The van der Waals surface area contributed by atoms with Crippen LogP contribution in [0.1, 0.15) is 71.4 Å². The lowest BCUT2D eigenvalue weighted by atomic mass is 9.92. The Kier molecular flexibility index (Phi) is 5.73. The van der Waals surface area contributed by atoms with Gasteiger partial charge in [-0.25, -0.2) is 0 Å². The van der Waals surface area contributed by atoms with E-state index in [0.29, 0.717) is 5.04 Å². The third kappa shape index (κ3) is 3.71. The van der Waals surface area contributed by atoms with Crippen molar-refractivity contribution in [1.29, 1.82) is 0 Å². The number of rotatable bonds is 6. The first-order valence-corrected chi connectivity index (χ1v) is 10.7. The summed E-state index contributed by atoms with van der Waals surface area (Å²) in [5.74, 6) is 0. The molecule has 0 amide bonds. The number of benzene rings is 1. The minimum absolute atomic E-state index is 0.349. The van der Waals surface area contributed by atoms with Crippen molar-refractivity contribution in [2.45, 2.75) is 79.2 Å². The van der Waals surface area contributed by atoms with Gasteiger partial charge in [-0.1, -0.05) is 72.3 Å². The maximum absolute atomic E-state index is 2.54. The predicted molar refractivity (Wildman–Crippen MR) is 108 cm³/mol. The zero-order chi connectivity index (χ0) is 17.2. The number of aryl methyl sites for hydroxylation is 2. The molecule has 126 valence electrons. The maximum atomic E-state index is 2.54. The van der Waals surface area contributed by atoms with E-state index in [9.17, 15) is 0 Å². The number of unbranched alkanes of at least 4 members (excludes halogenated alkanes) is 2. The van der Waals surface area contributed by atoms with Crippen LogP contribution in [0.25, 0.3) is 0 Å². The highest BCUT2D eigenvalue weighted by Gasteiger charge is 2.38. The van der Waals surface area contributed by atoms with Crippen LogP contribution in [0.2, 0.25) is 5.04 Å². The van der Waals surface area contributed by atoms with Crippen LogP contribution in [0.4, 0.5) is 0 Å². The maximum Gasteiger partial charge on any atom is 0.0706 e. The Morgan fingerprint density at radius 1 is 0.870 bits per heavy atom.